The minimum absolute atomic E-state index is 0.711. The molecule has 136 heavy (non-hydrogen) atoms. The van der Waals surface area contributed by atoms with Crippen molar-refractivity contribution in [2.45, 2.75) is 0 Å². The topological polar surface area (TPSA) is 71.3 Å². The Morgan fingerprint density at radius 3 is 0.743 bits per heavy atom. The van der Waals surface area contributed by atoms with E-state index in [1.165, 1.54) is 109 Å². The van der Waals surface area contributed by atoms with Gasteiger partial charge in [0.25, 0.3) is 0 Å². The van der Waals surface area contributed by atoms with E-state index in [1.807, 2.05) is 0 Å². The number of aromatic nitrogens is 8. The van der Waals surface area contributed by atoms with Gasteiger partial charge in [0, 0.05) is 110 Å². The summed E-state index contributed by atoms with van der Waals surface area (Å²) in [6, 6.07) is 175. The highest BCUT2D eigenvalue weighted by molar-refractivity contribution is 6.18. The van der Waals surface area contributed by atoms with Gasteiger partial charge < -0.3 is 18.3 Å². The van der Waals surface area contributed by atoms with Crippen molar-refractivity contribution in [3.8, 4) is 113 Å². The molecule has 28 aromatic rings. The van der Waals surface area contributed by atoms with E-state index in [0.29, 0.717) is 5.82 Å². The molecule has 0 aliphatic carbocycles. The third-order valence-electron chi connectivity index (χ3n) is 27.8. The molecule has 0 saturated heterocycles. The van der Waals surface area contributed by atoms with Crippen LogP contribution in [0.2, 0.25) is 0 Å². The molecule has 8 nitrogen and oxygen atoms in total. The van der Waals surface area contributed by atoms with Crippen LogP contribution in [0.1, 0.15) is 0 Å². The Bertz CT molecular complexity index is 9740. The van der Waals surface area contributed by atoms with Crippen molar-refractivity contribution < 1.29 is 0 Å². The van der Waals surface area contributed by atoms with E-state index in [0.717, 1.165) is 149 Å². The molecule has 0 atom stereocenters. The third kappa shape index (κ3) is 12.9. The lowest BCUT2D eigenvalue weighted by Crippen LogP contribution is -1.98. The summed E-state index contributed by atoms with van der Waals surface area (Å²) in [6.07, 6.45) is 0. The van der Waals surface area contributed by atoms with E-state index in [2.05, 4.69) is 504 Å². The second kappa shape index (κ2) is 31.8. The maximum Gasteiger partial charge on any atom is 0.161 e. The molecule has 22 aromatic carbocycles. The smallest absolute Gasteiger partial charge is 0.161 e. The van der Waals surface area contributed by atoms with Crippen molar-refractivity contribution in [1.29, 1.82) is 0 Å². The van der Waals surface area contributed by atoms with Crippen LogP contribution in [-0.2, 0) is 0 Å². The Hall–Kier alpha value is -18.2. The lowest BCUT2D eigenvalue weighted by Gasteiger charge is -2.14. The molecule has 0 amide bonds. The summed E-state index contributed by atoms with van der Waals surface area (Å²) in [5.41, 5.74) is 31.1. The van der Waals surface area contributed by atoms with Crippen molar-refractivity contribution in [3.05, 3.63) is 485 Å². The monoisotopic (exact) mass is 1730 g/mol. The maximum absolute atomic E-state index is 5.49. The lowest BCUT2D eigenvalue weighted by atomic mass is 9.98. The second-order valence-corrected chi connectivity index (χ2v) is 35.5. The Morgan fingerprint density at radius 2 is 0.382 bits per heavy atom. The van der Waals surface area contributed by atoms with E-state index < -0.39 is 0 Å². The van der Waals surface area contributed by atoms with Gasteiger partial charge in [-0.05, 0) is 222 Å². The van der Waals surface area contributed by atoms with Crippen molar-refractivity contribution in [1.82, 2.24) is 38.2 Å². The van der Waals surface area contributed by atoms with E-state index in [4.69, 9.17) is 19.9 Å². The molecule has 632 valence electrons. The van der Waals surface area contributed by atoms with E-state index in [-0.39, 0.29) is 0 Å². The zero-order valence-corrected chi connectivity index (χ0v) is 73.8. The number of rotatable bonds is 12. The summed E-state index contributed by atoms with van der Waals surface area (Å²) in [7, 11) is 0. The molecule has 0 N–H and O–H groups in total. The molecule has 0 saturated carbocycles. The quantitative estimate of drug-likeness (QED) is 0.114. The largest absolute Gasteiger partial charge is 0.309 e. The van der Waals surface area contributed by atoms with Gasteiger partial charge in [-0.2, -0.15) is 0 Å². The molecule has 0 radical (unpaired) electrons. The maximum atomic E-state index is 5.49. The van der Waals surface area contributed by atoms with Crippen molar-refractivity contribution >= 4 is 152 Å². The first-order valence-corrected chi connectivity index (χ1v) is 46.5. The summed E-state index contributed by atoms with van der Waals surface area (Å²) in [5, 5.41) is 20.9. The van der Waals surface area contributed by atoms with Crippen LogP contribution in [0.3, 0.4) is 0 Å². The highest BCUT2D eigenvalue weighted by Crippen LogP contribution is 2.47. The highest BCUT2D eigenvalue weighted by Gasteiger charge is 2.25. The van der Waals surface area contributed by atoms with Gasteiger partial charge in [0.05, 0.1) is 66.6 Å². The van der Waals surface area contributed by atoms with Crippen LogP contribution >= 0.6 is 0 Å². The Kier molecular flexibility index (Phi) is 18.2. The molecule has 6 aromatic heterocycles. The van der Waals surface area contributed by atoms with Crippen LogP contribution in [0.5, 0.6) is 0 Å². The molecule has 0 spiro atoms. The predicted molar refractivity (Wildman–Crippen MR) is 570 cm³/mol. The molecular formula is C128H80N8. The normalized spacial score (nSPS) is 11.8. The van der Waals surface area contributed by atoms with E-state index in [1.54, 1.807) is 0 Å². The van der Waals surface area contributed by atoms with Gasteiger partial charge in [-0.15, -0.1) is 0 Å². The van der Waals surface area contributed by atoms with Crippen molar-refractivity contribution in [2.24, 2.45) is 0 Å². The van der Waals surface area contributed by atoms with Crippen molar-refractivity contribution in [2.75, 3.05) is 0 Å². The van der Waals surface area contributed by atoms with Gasteiger partial charge >= 0.3 is 0 Å². The fraction of sp³-hybridized carbons (Fsp3) is 0. The summed E-state index contributed by atoms with van der Waals surface area (Å²) < 4.78 is 9.60. The average Bonchev–Trinajstić information content (AvgIpc) is 1.58. The first-order chi connectivity index (χ1) is 67.4. The first kappa shape index (κ1) is 77.7. The van der Waals surface area contributed by atoms with Crippen LogP contribution in [0.4, 0.5) is 0 Å². The van der Waals surface area contributed by atoms with Crippen molar-refractivity contribution in [3.63, 3.8) is 0 Å². The van der Waals surface area contributed by atoms with Gasteiger partial charge in [-0.25, -0.2) is 19.9 Å². The SMILES string of the molecule is c1ccc(-c2ccc3c(c2)c2cc(-c4ccc5c(c4)c4cc(-c6ccccc6)ccc4n5-c4cccc(-c5nc(-c6cccc7ccccc67)nc6c5ccc5ccccc56)c4)ccc2n3-c2ccccc2)cc1.c1ccc(-n2c3ccccc3c3cc(-c4ccc5c(c4)c4ccccc4n5-c4cccc(-c5nc(-c6cccc7ccccc67)nc6c5ccc5ccccc56)c4)ccc32)cc1. The predicted octanol–water partition coefficient (Wildman–Crippen LogP) is 33.6. The lowest BCUT2D eigenvalue weighted by molar-refractivity contribution is 1.18. The summed E-state index contributed by atoms with van der Waals surface area (Å²) in [4.78, 5) is 21.6. The van der Waals surface area contributed by atoms with Crippen LogP contribution in [-0.4, -0.2) is 38.2 Å². The fourth-order valence-corrected chi connectivity index (χ4v) is 21.4. The zero-order chi connectivity index (χ0) is 89.4. The minimum Gasteiger partial charge on any atom is -0.309 e. The Labute approximate surface area is 782 Å². The third-order valence-corrected chi connectivity index (χ3v) is 27.8. The Morgan fingerprint density at radius 1 is 0.132 bits per heavy atom. The number of para-hydroxylation sites is 4. The van der Waals surface area contributed by atoms with Crippen LogP contribution in [0.15, 0.2) is 485 Å². The second-order valence-electron chi connectivity index (χ2n) is 35.5. The summed E-state index contributed by atoms with van der Waals surface area (Å²) in [5.74, 6) is 1.43. The van der Waals surface area contributed by atoms with Gasteiger partial charge in [-0.3, -0.25) is 0 Å². The van der Waals surface area contributed by atoms with Gasteiger partial charge in [0.1, 0.15) is 0 Å². The summed E-state index contributed by atoms with van der Waals surface area (Å²) in [6.45, 7) is 0. The van der Waals surface area contributed by atoms with Crippen LogP contribution in [0.25, 0.3) is 265 Å². The molecule has 8 heteroatoms. The summed E-state index contributed by atoms with van der Waals surface area (Å²) >= 11 is 0. The minimum atomic E-state index is 0.711. The fourth-order valence-electron chi connectivity index (χ4n) is 21.4. The van der Waals surface area contributed by atoms with Gasteiger partial charge in [-0.1, -0.05) is 340 Å². The van der Waals surface area contributed by atoms with E-state index in [9.17, 15) is 0 Å². The molecule has 6 heterocycles. The number of nitrogens with zero attached hydrogens (tertiary/aromatic N) is 8. The Balaban J connectivity index is 0.000000140. The molecule has 0 aliphatic rings. The number of hydrogen-bond acceptors (Lipinski definition) is 4. The number of fused-ring (bicyclic) bond motifs is 20. The number of benzene rings is 22. The van der Waals surface area contributed by atoms with Crippen LogP contribution < -0.4 is 0 Å². The zero-order valence-electron chi connectivity index (χ0n) is 73.8. The first-order valence-electron chi connectivity index (χ1n) is 46.5. The highest BCUT2D eigenvalue weighted by atomic mass is 15.0. The van der Waals surface area contributed by atoms with Gasteiger partial charge in [0.2, 0.25) is 0 Å². The molecule has 28 rings (SSSR count). The molecular weight excluding hydrogens is 1650 g/mol. The average molecular weight is 1730 g/mol. The molecule has 0 fully saturated rings. The molecule has 0 bridgehead atoms. The molecule has 0 unspecified atom stereocenters. The molecule has 0 aliphatic heterocycles. The van der Waals surface area contributed by atoms with Gasteiger partial charge in [0.15, 0.2) is 11.6 Å². The number of hydrogen-bond donors (Lipinski definition) is 0. The van der Waals surface area contributed by atoms with Crippen LogP contribution in [0, 0.1) is 0 Å². The van der Waals surface area contributed by atoms with E-state index >= 15 is 0 Å². The standard InChI is InChI=1S/C70H44N4.C58H36N4/c1-4-16-45(17-5-1)49-31-36-64-60(41-49)62-43-51(33-38-65(62)73(64)54-24-8-3-9-25-54)52-34-39-67-63(44-52)61-42-50(46-18-6-2-7-19-46)32-37-66(61)74(67)55-26-14-23-53(40-55)68-59-35-30-48-21-11-13-28-57(48)69(59)72-70(71-68)58-29-15-22-47-20-10-12-27-56(47)58;1-2-18-42(19-3-1)61-52-26-10-8-23-46(52)50-35-39(29-32-54(50)61)40-30-33-55-51(36-40)47-24-9-11-27-53(47)62(55)43-20-12-17-41(34-43)56-49-31-28-38-15-5-7-22-45(38)57(49)60-58(59-56)48-25-13-16-37-14-4-6-21-44(37)48/h1-44H;1-36H.